The third-order valence-corrected chi connectivity index (χ3v) is 4.32. The van der Waals surface area contributed by atoms with E-state index in [1.165, 1.54) is 11.1 Å². The molecule has 1 aromatic carbocycles. The Balaban J connectivity index is 1.51. The summed E-state index contributed by atoms with van der Waals surface area (Å²) < 4.78 is 0. The number of amides is 2. The molecule has 0 spiro atoms. The summed E-state index contributed by atoms with van der Waals surface area (Å²) in [7, 11) is 0. The summed E-state index contributed by atoms with van der Waals surface area (Å²) in [4.78, 5) is 23.9. The van der Waals surface area contributed by atoms with E-state index in [4.69, 9.17) is 5.26 Å². The fourth-order valence-corrected chi connectivity index (χ4v) is 2.89. The fraction of sp³-hybridized carbons (Fsp3) is 0.471. The Morgan fingerprint density at radius 1 is 1.27 bits per heavy atom. The molecular weight excluding hydrogens is 278 g/mol. The monoisotopic (exact) mass is 297 g/mol. The van der Waals surface area contributed by atoms with Crippen LogP contribution in [0, 0.1) is 17.2 Å². The minimum absolute atomic E-state index is 0.0964. The van der Waals surface area contributed by atoms with Crippen molar-refractivity contribution in [2.45, 2.75) is 38.1 Å². The number of rotatable bonds is 5. The first-order valence-corrected chi connectivity index (χ1v) is 7.76. The van der Waals surface area contributed by atoms with Crippen molar-refractivity contribution >= 4 is 11.8 Å². The van der Waals surface area contributed by atoms with E-state index in [1.807, 2.05) is 12.1 Å². The summed E-state index contributed by atoms with van der Waals surface area (Å²) in [5.41, 5.74) is 3.14. The standard InChI is InChI=1S/C17H19N3O2/c18-9-15(12-5-6-12)20-16(21)10-19-17(22)14-7-4-11-2-1-3-13(11)8-14/h4,7-8,12,15H,1-3,5-6,10H2,(H,19,22)(H,20,21). The van der Waals surface area contributed by atoms with Crippen LogP contribution in [0.2, 0.25) is 0 Å². The van der Waals surface area contributed by atoms with E-state index in [0.717, 1.165) is 32.1 Å². The molecule has 3 rings (SSSR count). The SMILES string of the molecule is N#CC(NC(=O)CNC(=O)c1ccc2c(c1)CCC2)C1CC1. The first kappa shape index (κ1) is 14.6. The van der Waals surface area contributed by atoms with E-state index in [1.54, 1.807) is 6.07 Å². The molecule has 2 N–H and O–H groups in total. The van der Waals surface area contributed by atoms with Crippen molar-refractivity contribution in [1.82, 2.24) is 10.6 Å². The van der Waals surface area contributed by atoms with Gasteiger partial charge in [-0.05, 0) is 61.3 Å². The van der Waals surface area contributed by atoms with Gasteiger partial charge in [0.15, 0.2) is 0 Å². The van der Waals surface area contributed by atoms with Crippen LogP contribution in [0.4, 0.5) is 0 Å². The number of hydrogen-bond acceptors (Lipinski definition) is 3. The Morgan fingerprint density at radius 2 is 2.05 bits per heavy atom. The Hall–Kier alpha value is -2.35. The van der Waals surface area contributed by atoms with Crippen LogP contribution in [0.1, 0.15) is 40.7 Å². The zero-order valence-corrected chi connectivity index (χ0v) is 12.4. The third kappa shape index (κ3) is 3.28. The highest BCUT2D eigenvalue weighted by Crippen LogP contribution is 2.32. The number of carbonyl (C=O) groups is 2. The number of benzene rings is 1. The van der Waals surface area contributed by atoms with Gasteiger partial charge in [0.05, 0.1) is 12.6 Å². The lowest BCUT2D eigenvalue weighted by atomic mass is 10.1. The van der Waals surface area contributed by atoms with Crippen LogP contribution < -0.4 is 10.6 Å². The molecule has 1 fully saturated rings. The zero-order valence-electron chi connectivity index (χ0n) is 12.4. The molecule has 1 atom stereocenters. The summed E-state index contributed by atoms with van der Waals surface area (Å²) in [6.45, 7) is -0.0964. The number of nitrogens with zero attached hydrogens (tertiary/aromatic N) is 1. The summed E-state index contributed by atoms with van der Waals surface area (Å²) in [6, 6.07) is 7.39. The molecule has 2 aliphatic carbocycles. The van der Waals surface area contributed by atoms with E-state index >= 15 is 0 Å². The second-order valence-electron chi connectivity index (χ2n) is 6.03. The van der Waals surface area contributed by atoms with Crippen molar-refractivity contribution in [2.75, 3.05) is 6.54 Å². The van der Waals surface area contributed by atoms with Gasteiger partial charge < -0.3 is 10.6 Å². The van der Waals surface area contributed by atoms with Gasteiger partial charge in [-0.2, -0.15) is 5.26 Å². The molecule has 1 aromatic rings. The van der Waals surface area contributed by atoms with E-state index < -0.39 is 6.04 Å². The van der Waals surface area contributed by atoms with Crippen molar-refractivity contribution in [3.8, 4) is 6.07 Å². The highest BCUT2D eigenvalue weighted by molar-refractivity contribution is 5.96. The molecule has 0 heterocycles. The van der Waals surface area contributed by atoms with Gasteiger partial charge in [-0.3, -0.25) is 9.59 Å². The highest BCUT2D eigenvalue weighted by Gasteiger charge is 2.32. The first-order valence-electron chi connectivity index (χ1n) is 7.76. The van der Waals surface area contributed by atoms with Gasteiger partial charge >= 0.3 is 0 Å². The lowest BCUT2D eigenvalue weighted by Gasteiger charge is -2.11. The van der Waals surface area contributed by atoms with Crippen molar-refractivity contribution in [3.63, 3.8) is 0 Å². The molecule has 2 amide bonds. The molecule has 114 valence electrons. The van der Waals surface area contributed by atoms with Gasteiger partial charge in [-0.1, -0.05) is 6.07 Å². The average Bonchev–Trinajstić information content (AvgIpc) is 3.26. The van der Waals surface area contributed by atoms with E-state index in [0.29, 0.717) is 5.56 Å². The molecule has 0 aliphatic heterocycles. The van der Waals surface area contributed by atoms with Crippen molar-refractivity contribution in [3.05, 3.63) is 34.9 Å². The number of nitriles is 1. The molecule has 0 radical (unpaired) electrons. The van der Waals surface area contributed by atoms with Gasteiger partial charge in [0, 0.05) is 5.56 Å². The molecule has 1 unspecified atom stereocenters. The van der Waals surface area contributed by atoms with Gasteiger partial charge in [0.1, 0.15) is 6.04 Å². The van der Waals surface area contributed by atoms with Gasteiger partial charge in [-0.15, -0.1) is 0 Å². The zero-order chi connectivity index (χ0) is 15.5. The van der Waals surface area contributed by atoms with Crippen molar-refractivity contribution in [2.24, 2.45) is 5.92 Å². The lowest BCUT2D eigenvalue weighted by molar-refractivity contribution is -0.120. The molecule has 2 aliphatic rings. The maximum atomic E-state index is 12.1. The maximum absolute atomic E-state index is 12.1. The summed E-state index contributed by atoms with van der Waals surface area (Å²) in [5.74, 6) is -0.279. The highest BCUT2D eigenvalue weighted by atomic mass is 16.2. The van der Waals surface area contributed by atoms with Crippen LogP contribution in [-0.4, -0.2) is 24.4 Å². The molecule has 0 bridgehead atoms. The minimum atomic E-state index is -0.426. The second kappa shape index (κ2) is 6.18. The van der Waals surface area contributed by atoms with Crippen LogP contribution in [0.5, 0.6) is 0 Å². The smallest absolute Gasteiger partial charge is 0.251 e. The molecule has 5 heteroatoms. The lowest BCUT2D eigenvalue weighted by Crippen LogP contribution is -2.42. The fourth-order valence-electron chi connectivity index (χ4n) is 2.89. The summed E-state index contributed by atoms with van der Waals surface area (Å²) >= 11 is 0. The van der Waals surface area contributed by atoms with Gasteiger partial charge in [0.2, 0.25) is 5.91 Å². The van der Waals surface area contributed by atoms with E-state index in [9.17, 15) is 9.59 Å². The van der Waals surface area contributed by atoms with Gasteiger partial charge in [-0.25, -0.2) is 0 Å². The number of carbonyl (C=O) groups excluding carboxylic acids is 2. The molecule has 5 nitrogen and oxygen atoms in total. The Bertz CT molecular complexity index is 644. The predicted molar refractivity (Wildman–Crippen MR) is 81.1 cm³/mol. The Morgan fingerprint density at radius 3 is 2.77 bits per heavy atom. The number of fused-ring (bicyclic) bond motifs is 1. The molecule has 22 heavy (non-hydrogen) atoms. The predicted octanol–water partition coefficient (Wildman–Crippen LogP) is 1.32. The average molecular weight is 297 g/mol. The van der Waals surface area contributed by atoms with Crippen molar-refractivity contribution in [1.29, 1.82) is 5.26 Å². The van der Waals surface area contributed by atoms with E-state index in [-0.39, 0.29) is 24.3 Å². The summed E-state index contributed by atoms with van der Waals surface area (Å²) in [6.07, 6.45) is 5.21. The third-order valence-electron chi connectivity index (χ3n) is 4.32. The minimum Gasteiger partial charge on any atom is -0.343 e. The largest absolute Gasteiger partial charge is 0.343 e. The quantitative estimate of drug-likeness (QED) is 0.860. The van der Waals surface area contributed by atoms with Crippen LogP contribution in [0.3, 0.4) is 0 Å². The second-order valence-corrected chi connectivity index (χ2v) is 6.03. The normalized spacial score (nSPS) is 17.2. The van der Waals surface area contributed by atoms with Crippen LogP contribution in [-0.2, 0) is 17.6 Å². The Labute approximate surface area is 129 Å². The van der Waals surface area contributed by atoms with E-state index in [2.05, 4.69) is 16.7 Å². The summed E-state index contributed by atoms with van der Waals surface area (Å²) in [5, 5.41) is 14.3. The Kier molecular flexibility index (Phi) is 4.10. The molecule has 0 aromatic heterocycles. The molecular formula is C17H19N3O2. The first-order chi connectivity index (χ1) is 10.7. The molecule has 1 saturated carbocycles. The van der Waals surface area contributed by atoms with Crippen LogP contribution in [0.15, 0.2) is 18.2 Å². The van der Waals surface area contributed by atoms with Crippen molar-refractivity contribution < 1.29 is 9.59 Å². The number of nitrogens with one attached hydrogen (secondary N) is 2. The molecule has 0 saturated heterocycles. The van der Waals surface area contributed by atoms with Gasteiger partial charge in [0.25, 0.3) is 5.91 Å². The number of hydrogen-bond donors (Lipinski definition) is 2. The maximum Gasteiger partial charge on any atom is 0.251 e. The van der Waals surface area contributed by atoms with Crippen LogP contribution >= 0.6 is 0 Å². The number of aryl methyl sites for hydroxylation is 2. The van der Waals surface area contributed by atoms with Crippen LogP contribution in [0.25, 0.3) is 0 Å². The topological polar surface area (TPSA) is 82.0 Å².